The van der Waals surface area contributed by atoms with Gasteiger partial charge in [-0.2, -0.15) is 0 Å². The second-order valence-corrected chi connectivity index (χ2v) is 8.98. The average Bonchev–Trinajstić information content (AvgIpc) is 3.41. The number of hydrogen-bond donors (Lipinski definition) is 0. The molecule has 0 atom stereocenters. The maximum absolute atomic E-state index is 5.01. The highest BCUT2D eigenvalue weighted by atomic mass is 32.1. The van der Waals surface area contributed by atoms with Crippen LogP contribution in [0.5, 0.6) is 0 Å². The summed E-state index contributed by atoms with van der Waals surface area (Å²) in [5.74, 6) is 1.29. The van der Waals surface area contributed by atoms with E-state index in [4.69, 9.17) is 4.98 Å². The lowest BCUT2D eigenvalue weighted by Crippen LogP contribution is -2.57. The van der Waals surface area contributed by atoms with E-state index < -0.39 is 0 Å². The number of nitrogens with zero attached hydrogens (tertiary/aromatic N) is 4. The molecule has 4 nitrogen and oxygen atoms in total. The van der Waals surface area contributed by atoms with Gasteiger partial charge in [-0.3, -0.25) is 9.80 Å². The van der Waals surface area contributed by atoms with Crippen molar-refractivity contribution in [1.29, 1.82) is 0 Å². The molecule has 5 heteroatoms. The lowest BCUT2D eigenvalue weighted by atomic mass is 9.83. The molecular formula is C23H28N4S. The number of hydrogen-bond acceptors (Lipinski definition) is 4. The van der Waals surface area contributed by atoms with Gasteiger partial charge < -0.3 is 4.57 Å². The van der Waals surface area contributed by atoms with Crippen molar-refractivity contribution in [1.82, 2.24) is 19.4 Å². The van der Waals surface area contributed by atoms with Crippen LogP contribution in [0.3, 0.4) is 0 Å². The van der Waals surface area contributed by atoms with Crippen LogP contribution in [-0.4, -0.2) is 45.5 Å². The molecule has 2 aliphatic rings. The van der Waals surface area contributed by atoms with Crippen LogP contribution in [0.4, 0.5) is 0 Å². The first kappa shape index (κ1) is 18.1. The van der Waals surface area contributed by atoms with Crippen molar-refractivity contribution in [2.45, 2.75) is 38.4 Å². The Labute approximate surface area is 171 Å². The highest BCUT2D eigenvalue weighted by Gasteiger charge is 2.46. The molecule has 28 heavy (non-hydrogen) atoms. The molecule has 0 saturated carbocycles. The Morgan fingerprint density at radius 1 is 1.00 bits per heavy atom. The van der Waals surface area contributed by atoms with Crippen molar-refractivity contribution >= 4 is 11.3 Å². The second kappa shape index (κ2) is 7.47. The van der Waals surface area contributed by atoms with E-state index in [2.05, 4.69) is 75.3 Å². The van der Waals surface area contributed by atoms with Crippen LogP contribution < -0.4 is 0 Å². The van der Waals surface area contributed by atoms with Gasteiger partial charge in [0.15, 0.2) is 0 Å². The van der Waals surface area contributed by atoms with E-state index in [1.54, 1.807) is 0 Å². The van der Waals surface area contributed by atoms with Crippen molar-refractivity contribution < 1.29 is 0 Å². The summed E-state index contributed by atoms with van der Waals surface area (Å²) in [4.78, 5) is 11.8. The SMILES string of the molecule is CCN1CCn2c(-c3ccccc3)cnc2C12CCN(Cc1cccs1)CC2. The van der Waals surface area contributed by atoms with E-state index >= 15 is 0 Å². The first-order valence-electron chi connectivity index (χ1n) is 10.4. The minimum absolute atomic E-state index is 0.0893. The largest absolute Gasteiger partial charge is 0.325 e. The molecule has 4 heterocycles. The highest BCUT2D eigenvalue weighted by molar-refractivity contribution is 7.09. The van der Waals surface area contributed by atoms with E-state index in [-0.39, 0.29) is 5.54 Å². The number of likely N-dealkylation sites (tertiary alicyclic amines) is 1. The lowest BCUT2D eigenvalue weighted by molar-refractivity contribution is -0.00751. The van der Waals surface area contributed by atoms with Gasteiger partial charge in [-0.15, -0.1) is 11.3 Å². The monoisotopic (exact) mass is 392 g/mol. The molecule has 146 valence electrons. The Balaban J connectivity index is 1.44. The molecule has 0 bridgehead atoms. The summed E-state index contributed by atoms with van der Waals surface area (Å²) >= 11 is 1.87. The van der Waals surface area contributed by atoms with E-state index in [1.165, 1.54) is 22.0 Å². The first-order valence-corrected chi connectivity index (χ1v) is 11.3. The molecule has 2 aromatic heterocycles. The summed E-state index contributed by atoms with van der Waals surface area (Å²) in [5, 5.41) is 2.18. The normalized spacial score (nSPS) is 19.8. The number of rotatable bonds is 4. The number of thiophene rings is 1. The molecule has 1 aromatic carbocycles. The van der Waals surface area contributed by atoms with Crippen molar-refractivity contribution in [2.24, 2.45) is 0 Å². The minimum atomic E-state index is 0.0893. The maximum atomic E-state index is 5.01. The Kier molecular flexibility index (Phi) is 4.83. The van der Waals surface area contributed by atoms with Crippen LogP contribution >= 0.6 is 11.3 Å². The summed E-state index contributed by atoms with van der Waals surface area (Å²) in [6.45, 7) is 8.92. The molecule has 1 spiro atoms. The molecule has 5 rings (SSSR count). The van der Waals surface area contributed by atoms with Crippen LogP contribution in [0.2, 0.25) is 0 Å². The molecule has 1 fully saturated rings. The molecule has 1 saturated heterocycles. The zero-order valence-corrected chi connectivity index (χ0v) is 17.4. The lowest BCUT2D eigenvalue weighted by Gasteiger charge is -2.50. The van der Waals surface area contributed by atoms with Gasteiger partial charge >= 0.3 is 0 Å². The molecular weight excluding hydrogens is 364 g/mol. The van der Waals surface area contributed by atoms with Crippen LogP contribution in [0, 0.1) is 0 Å². The van der Waals surface area contributed by atoms with Gasteiger partial charge in [0.05, 0.1) is 17.4 Å². The smallest absolute Gasteiger partial charge is 0.129 e. The van der Waals surface area contributed by atoms with E-state index in [0.717, 1.165) is 52.1 Å². The van der Waals surface area contributed by atoms with Crippen LogP contribution in [0.25, 0.3) is 11.3 Å². The summed E-state index contributed by atoms with van der Waals surface area (Å²) in [6, 6.07) is 15.1. The third kappa shape index (κ3) is 3.02. The Bertz CT molecular complexity index is 907. The summed E-state index contributed by atoms with van der Waals surface area (Å²) < 4.78 is 2.50. The van der Waals surface area contributed by atoms with Crippen LogP contribution in [0.1, 0.15) is 30.5 Å². The number of aromatic nitrogens is 2. The van der Waals surface area contributed by atoms with Gasteiger partial charge in [-0.05, 0) is 36.4 Å². The fourth-order valence-electron chi connectivity index (χ4n) is 5.09. The van der Waals surface area contributed by atoms with Gasteiger partial charge in [-0.1, -0.05) is 43.3 Å². The van der Waals surface area contributed by atoms with Crippen molar-refractivity contribution in [3.05, 3.63) is 64.7 Å². The second-order valence-electron chi connectivity index (χ2n) is 7.95. The number of imidazole rings is 1. The van der Waals surface area contributed by atoms with Gasteiger partial charge in [0.1, 0.15) is 5.82 Å². The highest BCUT2D eigenvalue weighted by Crippen LogP contribution is 2.42. The maximum Gasteiger partial charge on any atom is 0.129 e. The van der Waals surface area contributed by atoms with Gasteiger partial charge in [-0.25, -0.2) is 4.98 Å². The zero-order chi connectivity index (χ0) is 19.0. The molecule has 3 aromatic rings. The van der Waals surface area contributed by atoms with Crippen LogP contribution in [0.15, 0.2) is 54.0 Å². The fraction of sp³-hybridized carbons (Fsp3) is 0.435. The third-order valence-corrected chi connectivity index (χ3v) is 7.43. The molecule has 0 N–H and O–H groups in total. The van der Waals surface area contributed by atoms with Gasteiger partial charge in [0.25, 0.3) is 0 Å². The van der Waals surface area contributed by atoms with Crippen molar-refractivity contribution in [2.75, 3.05) is 26.2 Å². The number of fused-ring (bicyclic) bond motifs is 2. The molecule has 0 radical (unpaired) electrons. The fourth-order valence-corrected chi connectivity index (χ4v) is 5.84. The minimum Gasteiger partial charge on any atom is -0.325 e. The molecule has 0 amide bonds. The van der Waals surface area contributed by atoms with Gasteiger partial charge in [0, 0.05) is 37.6 Å². The summed E-state index contributed by atoms with van der Waals surface area (Å²) in [7, 11) is 0. The number of likely N-dealkylation sites (N-methyl/N-ethyl adjacent to an activating group) is 1. The number of benzene rings is 1. The van der Waals surface area contributed by atoms with Crippen molar-refractivity contribution in [3.8, 4) is 11.3 Å². The quantitative estimate of drug-likeness (QED) is 0.656. The Hall–Kier alpha value is -1.95. The predicted octanol–water partition coefficient (Wildman–Crippen LogP) is 4.44. The van der Waals surface area contributed by atoms with Crippen LogP contribution in [-0.2, 0) is 18.6 Å². The average molecular weight is 393 g/mol. The van der Waals surface area contributed by atoms with E-state index in [0.29, 0.717) is 0 Å². The Morgan fingerprint density at radius 3 is 2.54 bits per heavy atom. The molecule has 0 unspecified atom stereocenters. The van der Waals surface area contributed by atoms with Gasteiger partial charge in [0.2, 0.25) is 0 Å². The standard InChI is InChI=1S/C23H28N4S/c1-2-26-14-15-27-21(19-7-4-3-5-8-19)17-24-22(27)23(26)10-12-25(13-11-23)18-20-9-6-16-28-20/h3-9,16-17H,2,10-15,18H2,1H3. The van der Waals surface area contributed by atoms with Crippen molar-refractivity contribution in [3.63, 3.8) is 0 Å². The van der Waals surface area contributed by atoms with E-state index in [9.17, 15) is 0 Å². The summed E-state index contributed by atoms with van der Waals surface area (Å²) in [5.41, 5.74) is 2.63. The summed E-state index contributed by atoms with van der Waals surface area (Å²) in [6.07, 6.45) is 4.43. The van der Waals surface area contributed by atoms with E-state index in [1.807, 2.05) is 11.3 Å². The predicted molar refractivity (Wildman–Crippen MR) is 115 cm³/mol. The Morgan fingerprint density at radius 2 is 1.82 bits per heavy atom. The number of piperidine rings is 1. The topological polar surface area (TPSA) is 24.3 Å². The molecule has 2 aliphatic heterocycles. The first-order chi connectivity index (χ1) is 13.8. The molecule has 0 aliphatic carbocycles. The third-order valence-electron chi connectivity index (χ3n) is 6.56. The zero-order valence-electron chi connectivity index (χ0n) is 16.6.